The minimum Gasteiger partial charge on any atom is -0.391 e. The summed E-state index contributed by atoms with van der Waals surface area (Å²) in [5.41, 5.74) is 0.812. The number of methoxy groups -OCH3 is 1. The average Bonchev–Trinajstić information content (AvgIpc) is 2.39. The number of nitrogens with zero attached hydrogens (tertiary/aromatic N) is 1. The van der Waals surface area contributed by atoms with Gasteiger partial charge in [-0.25, -0.2) is 12.7 Å². The summed E-state index contributed by atoms with van der Waals surface area (Å²) in [6.07, 6.45) is 0.0619. The van der Waals surface area contributed by atoms with Gasteiger partial charge in [0.15, 0.2) is 0 Å². The van der Waals surface area contributed by atoms with Crippen LogP contribution in [0.25, 0.3) is 0 Å². The van der Waals surface area contributed by atoms with Gasteiger partial charge in [-0.2, -0.15) is 0 Å². The number of rotatable bonds is 8. The summed E-state index contributed by atoms with van der Waals surface area (Å²) < 4.78 is 29.8. The molecule has 114 valence electrons. The third kappa shape index (κ3) is 4.75. The number of nitrogens with one attached hydrogen (secondary N) is 1. The van der Waals surface area contributed by atoms with E-state index >= 15 is 0 Å². The number of hydrogen-bond donors (Lipinski definition) is 2. The summed E-state index contributed by atoms with van der Waals surface area (Å²) in [6, 6.07) is 6.53. The van der Waals surface area contributed by atoms with Crippen LogP contribution in [-0.2, 0) is 14.8 Å². The van der Waals surface area contributed by atoms with Crippen LogP contribution in [0.4, 0.5) is 5.69 Å². The van der Waals surface area contributed by atoms with Crippen LogP contribution in [0, 0.1) is 0 Å². The lowest BCUT2D eigenvalue weighted by Gasteiger charge is -2.13. The molecule has 1 atom stereocenters. The lowest BCUT2D eigenvalue weighted by atomic mass is 10.2. The van der Waals surface area contributed by atoms with E-state index in [1.165, 1.54) is 18.4 Å². The second kappa shape index (κ2) is 7.58. The second-order valence-electron chi connectivity index (χ2n) is 4.64. The van der Waals surface area contributed by atoms with E-state index in [0.717, 1.165) is 5.69 Å². The van der Waals surface area contributed by atoms with Crippen LogP contribution in [0.1, 0.15) is 6.42 Å². The molecule has 0 saturated carbocycles. The molecule has 0 spiro atoms. The first kappa shape index (κ1) is 16.9. The fourth-order valence-electron chi connectivity index (χ4n) is 1.61. The Balaban J connectivity index is 2.56. The van der Waals surface area contributed by atoms with Crippen molar-refractivity contribution in [2.24, 2.45) is 0 Å². The van der Waals surface area contributed by atoms with Crippen molar-refractivity contribution in [2.45, 2.75) is 17.4 Å². The average molecular weight is 302 g/mol. The molecule has 1 aromatic rings. The Morgan fingerprint density at radius 1 is 1.30 bits per heavy atom. The normalized spacial score (nSPS) is 13.4. The number of hydrogen-bond acceptors (Lipinski definition) is 5. The van der Waals surface area contributed by atoms with Gasteiger partial charge in [0.05, 0.1) is 17.6 Å². The van der Waals surface area contributed by atoms with Gasteiger partial charge in [0.2, 0.25) is 10.0 Å². The molecule has 1 unspecified atom stereocenters. The Kier molecular flexibility index (Phi) is 6.41. The molecule has 0 aromatic heterocycles. The smallest absolute Gasteiger partial charge is 0.242 e. The second-order valence-corrected chi connectivity index (χ2v) is 6.79. The van der Waals surface area contributed by atoms with Gasteiger partial charge in [-0.1, -0.05) is 0 Å². The molecule has 2 N–H and O–H groups in total. The molecule has 0 radical (unpaired) electrons. The number of sulfonamides is 1. The van der Waals surface area contributed by atoms with E-state index in [2.05, 4.69) is 5.32 Å². The minimum atomic E-state index is -3.39. The molecule has 0 heterocycles. The predicted octanol–water partition coefficient (Wildman–Crippen LogP) is 0.746. The Labute approximate surface area is 120 Å². The van der Waals surface area contributed by atoms with Gasteiger partial charge in [0.25, 0.3) is 0 Å². The molecule has 7 heteroatoms. The molecular formula is C13H22N2O4S. The summed E-state index contributed by atoms with van der Waals surface area (Å²) in [5, 5.41) is 12.6. The van der Waals surface area contributed by atoms with Crippen molar-refractivity contribution in [2.75, 3.05) is 39.7 Å². The zero-order valence-electron chi connectivity index (χ0n) is 12.0. The Morgan fingerprint density at radius 3 is 2.40 bits per heavy atom. The van der Waals surface area contributed by atoms with Crippen molar-refractivity contribution >= 4 is 15.7 Å². The number of ether oxygens (including phenoxy) is 1. The highest BCUT2D eigenvalue weighted by Gasteiger charge is 2.16. The Hall–Kier alpha value is -1.15. The Morgan fingerprint density at radius 2 is 1.90 bits per heavy atom. The van der Waals surface area contributed by atoms with Crippen LogP contribution in [0.15, 0.2) is 29.2 Å². The van der Waals surface area contributed by atoms with Crippen molar-refractivity contribution in [3.63, 3.8) is 0 Å². The van der Waals surface area contributed by atoms with Crippen molar-refractivity contribution in [1.29, 1.82) is 0 Å². The van der Waals surface area contributed by atoms with E-state index in [4.69, 9.17) is 4.74 Å². The van der Waals surface area contributed by atoms with Crippen molar-refractivity contribution < 1.29 is 18.3 Å². The van der Waals surface area contributed by atoms with Crippen LogP contribution >= 0.6 is 0 Å². The first-order valence-corrected chi connectivity index (χ1v) is 7.75. The van der Waals surface area contributed by atoms with Gasteiger partial charge >= 0.3 is 0 Å². The van der Waals surface area contributed by atoms with Crippen LogP contribution in [0.5, 0.6) is 0 Å². The topological polar surface area (TPSA) is 78.9 Å². The van der Waals surface area contributed by atoms with E-state index in [0.29, 0.717) is 19.6 Å². The minimum absolute atomic E-state index is 0.257. The quantitative estimate of drug-likeness (QED) is 0.741. The molecule has 0 aliphatic heterocycles. The van der Waals surface area contributed by atoms with Gasteiger partial charge in [0.1, 0.15) is 0 Å². The van der Waals surface area contributed by atoms with Gasteiger partial charge in [-0.05, 0) is 30.7 Å². The first-order valence-electron chi connectivity index (χ1n) is 6.31. The maximum Gasteiger partial charge on any atom is 0.242 e. The maximum atomic E-state index is 11.9. The number of aliphatic hydroxyl groups excluding tert-OH is 1. The summed E-state index contributed by atoms with van der Waals surface area (Å²) in [7, 11) is 1.15. The molecule has 0 amide bonds. The molecule has 1 rings (SSSR count). The highest BCUT2D eigenvalue weighted by atomic mass is 32.2. The zero-order chi connectivity index (χ0) is 15.2. The third-order valence-electron chi connectivity index (χ3n) is 2.80. The van der Waals surface area contributed by atoms with E-state index < -0.39 is 16.1 Å². The van der Waals surface area contributed by atoms with Crippen molar-refractivity contribution in [3.8, 4) is 0 Å². The molecular weight excluding hydrogens is 280 g/mol. The fourth-order valence-corrected chi connectivity index (χ4v) is 2.52. The molecule has 0 aliphatic rings. The van der Waals surface area contributed by atoms with Gasteiger partial charge in [-0.15, -0.1) is 0 Å². The summed E-state index contributed by atoms with van der Waals surface area (Å²) in [5.74, 6) is 0. The standard InChI is InChI=1S/C13H22N2O4S/c1-15(2)20(17,18)13-6-4-11(5-7-13)14-9-8-12(16)10-19-3/h4-7,12,14,16H,8-10H2,1-3H3. The van der Waals surface area contributed by atoms with E-state index in [1.54, 1.807) is 31.4 Å². The molecule has 0 saturated heterocycles. The molecule has 1 aromatic carbocycles. The van der Waals surface area contributed by atoms with Gasteiger partial charge in [-0.3, -0.25) is 0 Å². The zero-order valence-corrected chi connectivity index (χ0v) is 12.9. The predicted molar refractivity (Wildman–Crippen MR) is 78.3 cm³/mol. The van der Waals surface area contributed by atoms with E-state index in [9.17, 15) is 13.5 Å². The fraction of sp³-hybridized carbons (Fsp3) is 0.538. The van der Waals surface area contributed by atoms with Crippen LogP contribution in [0.3, 0.4) is 0 Å². The molecule has 0 fully saturated rings. The highest BCUT2D eigenvalue weighted by molar-refractivity contribution is 7.89. The number of aliphatic hydroxyl groups is 1. The van der Waals surface area contributed by atoms with Gasteiger partial charge in [0, 0.05) is 33.4 Å². The summed E-state index contributed by atoms with van der Waals surface area (Å²) in [6.45, 7) is 0.895. The van der Waals surface area contributed by atoms with Crippen LogP contribution < -0.4 is 5.32 Å². The lowest BCUT2D eigenvalue weighted by molar-refractivity contribution is 0.0615. The Bertz CT molecular complexity index is 500. The molecule has 20 heavy (non-hydrogen) atoms. The summed E-state index contributed by atoms with van der Waals surface area (Å²) in [4.78, 5) is 0.257. The van der Waals surface area contributed by atoms with Crippen molar-refractivity contribution in [3.05, 3.63) is 24.3 Å². The molecule has 0 bridgehead atoms. The van der Waals surface area contributed by atoms with Crippen molar-refractivity contribution in [1.82, 2.24) is 4.31 Å². The SMILES string of the molecule is COCC(O)CCNc1ccc(S(=O)(=O)N(C)C)cc1. The lowest BCUT2D eigenvalue weighted by Crippen LogP contribution is -2.22. The number of benzene rings is 1. The largest absolute Gasteiger partial charge is 0.391 e. The number of anilines is 1. The monoisotopic (exact) mass is 302 g/mol. The van der Waals surface area contributed by atoms with Gasteiger partial charge < -0.3 is 15.2 Å². The van der Waals surface area contributed by atoms with Crippen LogP contribution in [0.2, 0.25) is 0 Å². The summed E-state index contributed by atoms with van der Waals surface area (Å²) >= 11 is 0. The van der Waals surface area contributed by atoms with Crippen LogP contribution in [-0.4, -0.2) is 58.3 Å². The molecule has 6 nitrogen and oxygen atoms in total. The third-order valence-corrected chi connectivity index (χ3v) is 4.63. The van der Waals surface area contributed by atoms with E-state index in [1.807, 2.05) is 0 Å². The highest BCUT2D eigenvalue weighted by Crippen LogP contribution is 2.16. The first-order chi connectivity index (χ1) is 9.37. The maximum absolute atomic E-state index is 11.9. The molecule has 0 aliphatic carbocycles. The van der Waals surface area contributed by atoms with E-state index in [-0.39, 0.29) is 4.90 Å².